The average molecular weight is 451 g/mol. The summed E-state index contributed by atoms with van der Waals surface area (Å²) in [6, 6.07) is 14.2. The van der Waals surface area contributed by atoms with Crippen LogP contribution in [0, 0.1) is 6.92 Å². The summed E-state index contributed by atoms with van der Waals surface area (Å²) in [5.41, 5.74) is 1.72. The molecular formula is C21H22N8O2S. The maximum absolute atomic E-state index is 13.1. The van der Waals surface area contributed by atoms with Gasteiger partial charge in [0, 0.05) is 44.8 Å². The molecule has 0 spiro atoms. The highest BCUT2D eigenvalue weighted by Gasteiger charge is 2.29. The Labute approximate surface area is 185 Å². The van der Waals surface area contributed by atoms with E-state index < -0.39 is 10.0 Å². The van der Waals surface area contributed by atoms with Crippen LogP contribution in [-0.4, -0.2) is 68.7 Å². The van der Waals surface area contributed by atoms with Crippen LogP contribution >= 0.6 is 0 Å². The van der Waals surface area contributed by atoms with Gasteiger partial charge in [-0.3, -0.25) is 0 Å². The second-order valence-corrected chi connectivity index (χ2v) is 9.43. The van der Waals surface area contributed by atoms with E-state index in [2.05, 4.69) is 20.4 Å². The molecule has 0 aliphatic carbocycles. The predicted molar refractivity (Wildman–Crippen MR) is 118 cm³/mol. The lowest BCUT2D eigenvalue weighted by Crippen LogP contribution is -2.49. The van der Waals surface area contributed by atoms with Gasteiger partial charge in [-0.15, -0.1) is 10.2 Å². The first-order chi connectivity index (χ1) is 15.5. The quantitative estimate of drug-likeness (QED) is 0.456. The zero-order valence-electron chi connectivity index (χ0n) is 17.5. The molecule has 1 aromatic carbocycles. The number of nitrogens with zero attached hydrogens (tertiary/aromatic N) is 8. The molecule has 0 N–H and O–H groups in total. The molecule has 1 aliphatic heterocycles. The van der Waals surface area contributed by atoms with Gasteiger partial charge in [-0.05, 0) is 55.5 Å². The Morgan fingerprint density at radius 3 is 2.12 bits per heavy atom. The fourth-order valence-electron chi connectivity index (χ4n) is 3.65. The molecule has 11 heteroatoms. The van der Waals surface area contributed by atoms with E-state index in [1.165, 1.54) is 4.31 Å². The van der Waals surface area contributed by atoms with E-state index in [1.807, 2.05) is 48.5 Å². The zero-order valence-corrected chi connectivity index (χ0v) is 18.3. The Bertz CT molecular complexity index is 1290. The average Bonchev–Trinajstić information content (AvgIpc) is 3.52. The molecule has 164 valence electrons. The van der Waals surface area contributed by atoms with E-state index in [0.717, 1.165) is 17.2 Å². The zero-order chi connectivity index (χ0) is 22.1. The first kappa shape index (κ1) is 20.3. The lowest BCUT2D eigenvalue weighted by Gasteiger charge is -2.34. The highest BCUT2D eigenvalue weighted by Crippen LogP contribution is 2.21. The summed E-state index contributed by atoms with van der Waals surface area (Å²) in [5.74, 6) is 1.36. The third kappa shape index (κ3) is 3.87. The molecule has 4 aromatic rings. The molecule has 0 radical (unpaired) electrons. The molecule has 1 saturated heterocycles. The fraction of sp³-hybridized carbons (Fsp3) is 0.238. The van der Waals surface area contributed by atoms with Gasteiger partial charge in [0.15, 0.2) is 11.6 Å². The van der Waals surface area contributed by atoms with Crippen molar-refractivity contribution in [3.8, 4) is 11.5 Å². The normalized spacial score (nSPS) is 15.2. The molecule has 5 rings (SSSR count). The van der Waals surface area contributed by atoms with E-state index in [9.17, 15) is 8.42 Å². The summed E-state index contributed by atoms with van der Waals surface area (Å²) < 4.78 is 31.0. The van der Waals surface area contributed by atoms with Crippen LogP contribution in [0.5, 0.6) is 0 Å². The minimum atomic E-state index is -3.56. The molecule has 0 bridgehead atoms. The molecule has 0 amide bonds. The van der Waals surface area contributed by atoms with Crippen molar-refractivity contribution >= 4 is 15.8 Å². The Morgan fingerprint density at radius 2 is 1.53 bits per heavy atom. The van der Waals surface area contributed by atoms with Crippen molar-refractivity contribution in [2.75, 3.05) is 31.1 Å². The molecule has 0 saturated carbocycles. The van der Waals surface area contributed by atoms with Gasteiger partial charge in [0.2, 0.25) is 10.0 Å². The van der Waals surface area contributed by atoms with Crippen LogP contribution in [0.25, 0.3) is 11.5 Å². The minimum Gasteiger partial charge on any atom is -0.352 e. The number of hydrogen-bond donors (Lipinski definition) is 0. The summed E-state index contributed by atoms with van der Waals surface area (Å²) in [7, 11) is -3.56. The van der Waals surface area contributed by atoms with Crippen molar-refractivity contribution < 1.29 is 8.42 Å². The Kier molecular flexibility index (Phi) is 5.19. The number of hydrogen-bond acceptors (Lipinski definition) is 7. The van der Waals surface area contributed by atoms with Gasteiger partial charge in [-0.1, -0.05) is 0 Å². The number of aromatic nitrogens is 6. The summed E-state index contributed by atoms with van der Waals surface area (Å²) in [5, 5.41) is 17.1. The molecule has 3 aromatic heterocycles. The third-order valence-electron chi connectivity index (χ3n) is 5.40. The molecular weight excluding hydrogens is 428 g/mol. The highest BCUT2D eigenvalue weighted by atomic mass is 32.2. The number of sulfonamides is 1. The maximum atomic E-state index is 13.1. The molecule has 10 nitrogen and oxygen atoms in total. The summed E-state index contributed by atoms with van der Waals surface area (Å²) in [6.45, 7) is 3.76. The largest absolute Gasteiger partial charge is 0.352 e. The van der Waals surface area contributed by atoms with Crippen LogP contribution < -0.4 is 4.90 Å². The van der Waals surface area contributed by atoms with E-state index in [1.54, 1.807) is 39.8 Å². The van der Waals surface area contributed by atoms with E-state index >= 15 is 0 Å². The van der Waals surface area contributed by atoms with Crippen molar-refractivity contribution in [2.45, 2.75) is 11.8 Å². The van der Waals surface area contributed by atoms with Crippen LogP contribution in [-0.2, 0) is 10.0 Å². The van der Waals surface area contributed by atoms with Gasteiger partial charge in [0.05, 0.1) is 16.3 Å². The lowest BCUT2D eigenvalue weighted by atomic mass is 10.3. The monoisotopic (exact) mass is 450 g/mol. The number of anilines is 1. The summed E-state index contributed by atoms with van der Waals surface area (Å²) >= 11 is 0. The Hall–Kier alpha value is -3.57. The molecule has 0 atom stereocenters. The highest BCUT2D eigenvalue weighted by molar-refractivity contribution is 7.89. The van der Waals surface area contributed by atoms with Gasteiger partial charge in [-0.2, -0.15) is 14.5 Å². The molecule has 0 unspecified atom stereocenters. The smallest absolute Gasteiger partial charge is 0.243 e. The minimum absolute atomic E-state index is 0.278. The second kappa shape index (κ2) is 8.17. The first-order valence-corrected chi connectivity index (χ1v) is 11.7. The SMILES string of the molecule is Cc1ccn(-c2ccc(N3CCN(S(=O)(=O)c4ccc(-n5cccn5)cc4)CC3)nn2)n1. The standard InChI is InChI=1S/C21H22N8O2S/c1-17-9-12-29(25-17)21-8-7-20(23-24-21)26-13-15-27(16-14-26)32(30,31)19-5-3-18(4-6-19)28-11-2-10-22-28/h2-12H,13-16H2,1H3. The van der Waals surface area contributed by atoms with Crippen molar-refractivity contribution in [2.24, 2.45) is 0 Å². The lowest BCUT2D eigenvalue weighted by molar-refractivity contribution is 0.383. The van der Waals surface area contributed by atoms with Gasteiger partial charge in [0.25, 0.3) is 0 Å². The topological polar surface area (TPSA) is 102 Å². The molecule has 4 heterocycles. The Morgan fingerprint density at radius 1 is 0.812 bits per heavy atom. The van der Waals surface area contributed by atoms with Gasteiger partial charge in [-0.25, -0.2) is 17.8 Å². The fourth-order valence-corrected chi connectivity index (χ4v) is 5.07. The maximum Gasteiger partial charge on any atom is 0.243 e. The number of piperazine rings is 1. The van der Waals surface area contributed by atoms with Crippen LogP contribution in [0.15, 0.2) is 72.0 Å². The predicted octanol–water partition coefficient (Wildman–Crippen LogP) is 1.67. The van der Waals surface area contributed by atoms with Gasteiger partial charge >= 0.3 is 0 Å². The summed E-state index contributed by atoms with van der Waals surface area (Å²) in [4.78, 5) is 2.32. The van der Waals surface area contributed by atoms with Crippen molar-refractivity contribution in [1.82, 2.24) is 34.1 Å². The van der Waals surface area contributed by atoms with Crippen LogP contribution in [0.3, 0.4) is 0 Å². The third-order valence-corrected chi connectivity index (χ3v) is 7.31. The van der Waals surface area contributed by atoms with E-state index in [-0.39, 0.29) is 4.90 Å². The number of benzene rings is 1. The van der Waals surface area contributed by atoms with Gasteiger partial charge < -0.3 is 4.90 Å². The Balaban J connectivity index is 1.25. The van der Waals surface area contributed by atoms with E-state index in [4.69, 9.17) is 0 Å². The van der Waals surface area contributed by atoms with Crippen molar-refractivity contribution in [1.29, 1.82) is 0 Å². The van der Waals surface area contributed by atoms with Gasteiger partial charge in [0.1, 0.15) is 0 Å². The van der Waals surface area contributed by atoms with E-state index in [0.29, 0.717) is 32.0 Å². The van der Waals surface area contributed by atoms with Crippen LogP contribution in [0.2, 0.25) is 0 Å². The first-order valence-electron chi connectivity index (χ1n) is 10.2. The molecule has 1 fully saturated rings. The van der Waals surface area contributed by atoms with Crippen molar-refractivity contribution in [3.63, 3.8) is 0 Å². The summed E-state index contributed by atoms with van der Waals surface area (Å²) in [6.07, 6.45) is 5.33. The molecule has 1 aliphatic rings. The molecule has 32 heavy (non-hydrogen) atoms. The van der Waals surface area contributed by atoms with Crippen molar-refractivity contribution in [3.05, 3.63) is 72.8 Å². The number of aryl methyl sites for hydroxylation is 1. The number of rotatable bonds is 5. The van der Waals surface area contributed by atoms with Crippen LogP contribution in [0.1, 0.15) is 5.69 Å². The second-order valence-electron chi connectivity index (χ2n) is 7.49. The van der Waals surface area contributed by atoms with Crippen LogP contribution in [0.4, 0.5) is 5.82 Å².